The number of hydrogen-bond acceptors (Lipinski definition) is 6. The summed E-state index contributed by atoms with van der Waals surface area (Å²) in [5.41, 5.74) is 1.23. The summed E-state index contributed by atoms with van der Waals surface area (Å²) < 4.78 is 16.5. The van der Waals surface area contributed by atoms with Gasteiger partial charge in [-0.15, -0.1) is 0 Å². The number of carbonyl (C=O) groups is 2. The zero-order valence-corrected chi connectivity index (χ0v) is 18.0. The molecule has 0 radical (unpaired) electrons. The third kappa shape index (κ3) is 3.99. The highest BCUT2D eigenvalue weighted by Gasteiger charge is 2.44. The number of aliphatic hydroxyl groups excluding tert-OH is 1. The molecule has 0 spiro atoms. The van der Waals surface area contributed by atoms with Crippen LogP contribution in [0.5, 0.6) is 5.75 Å². The number of ether oxygens (including phenoxy) is 2. The molecule has 0 saturated heterocycles. The lowest BCUT2D eigenvalue weighted by atomic mass is 9.94. The van der Waals surface area contributed by atoms with Crippen LogP contribution >= 0.6 is 0 Å². The Labute approximate surface area is 185 Å². The monoisotopic (exact) mass is 435 g/mol. The predicted molar refractivity (Wildman–Crippen MR) is 119 cm³/mol. The Morgan fingerprint density at radius 3 is 2.72 bits per heavy atom. The number of benzene rings is 2. The molecule has 7 nitrogen and oxygen atoms in total. The molecule has 4 rings (SSSR count). The summed E-state index contributed by atoms with van der Waals surface area (Å²) >= 11 is 0. The molecule has 0 saturated carbocycles. The number of ketones is 1. The second kappa shape index (κ2) is 9.28. The summed E-state index contributed by atoms with van der Waals surface area (Å²) in [5, 5.41) is 11.5. The number of fused-ring (bicyclic) bond motifs is 1. The molecule has 1 N–H and O–H groups in total. The number of hydrogen-bond donors (Lipinski definition) is 1. The van der Waals surface area contributed by atoms with Gasteiger partial charge in [0.15, 0.2) is 11.5 Å². The van der Waals surface area contributed by atoms with Crippen molar-refractivity contribution >= 4 is 22.7 Å². The van der Waals surface area contributed by atoms with Crippen molar-refractivity contribution in [3.8, 4) is 5.75 Å². The van der Waals surface area contributed by atoms with E-state index in [1.165, 1.54) is 4.90 Å². The number of carbonyl (C=O) groups excluding carboxylic acids is 2. The van der Waals surface area contributed by atoms with E-state index in [0.717, 1.165) is 5.39 Å². The minimum atomic E-state index is -0.763. The number of furan rings is 1. The van der Waals surface area contributed by atoms with Crippen molar-refractivity contribution in [3.63, 3.8) is 0 Å². The molecule has 0 aliphatic carbocycles. The van der Waals surface area contributed by atoms with Gasteiger partial charge in [-0.1, -0.05) is 30.3 Å². The van der Waals surface area contributed by atoms with Gasteiger partial charge in [-0.3, -0.25) is 9.59 Å². The molecule has 1 aromatic heterocycles. The minimum Gasteiger partial charge on any atom is -0.503 e. The second-order valence-electron chi connectivity index (χ2n) is 7.49. The van der Waals surface area contributed by atoms with Crippen LogP contribution in [0.1, 0.15) is 35.5 Å². The van der Waals surface area contributed by atoms with Crippen molar-refractivity contribution in [1.29, 1.82) is 0 Å². The minimum absolute atomic E-state index is 0.000112. The van der Waals surface area contributed by atoms with E-state index >= 15 is 0 Å². The van der Waals surface area contributed by atoms with Gasteiger partial charge in [0.05, 0.1) is 18.2 Å². The van der Waals surface area contributed by atoms with Crippen LogP contribution < -0.4 is 4.74 Å². The zero-order valence-electron chi connectivity index (χ0n) is 18.0. The van der Waals surface area contributed by atoms with Gasteiger partial charge in [0.25, 0.3) is 5.91 Å². The van der Waals surface area contributed by atoms with Gasteiger partial charge in [-0.2, -0.15) is 0 Å². The van der Waals surface area contributed by atoms with E-state index in [0.29, 0.717) is 43.1 Å². The normalized spacial score (nSPS) is 16.2. The van der Waals surface area contributed by atoms with Gasteiger partial charge >= 0.3 is 0 Å². The van der Waals surface area contributed by atoms with Crippen molar-refractivity contribution in [1.82, 2.24) is 4.90 Å². The first kappa shape index (κ1) is 21.6. The first-order valence-electron chi connectivity index (χ1n) is 10.5. The molecule has 1 amide bonds. The second-order valence-corrected chi connectivity index (χ2v) is 7.49. The summed E-state index contributed by atoms with van der Waals surface area (Å²) in [6.45, 7) is 3.13. The average molecular weight is 435 g/mol. The zero-order chi connectivity index (χ0) is 22.7. The summed E-state index contributed by atoms with van der Waals surface area (Å²) in [6.07, 6.45) is 0.559. The molecular formula is C25H25NO6. The summed E-state index contributed by atoms with van der Waals surface area (Å²) in [7, 11) is 1.58. The molecule has 2 aromatic carbocycles. The first-order chi connectivity index (χ1) is 15.5. The predicted octanol–water partition coefficient (Wildman–Crippen LogP) is 4.45. The summed E-state index contributed by atoms with van der Waals surface area (Å²) in [6, 6.07) is 15.3. The lowest BCUT2D eigenvalue weighted by Gasteiger charge is -2.27. The molecule has 1 aliphatic heterocycles. The SMILES string of the molecule is CCOc1cccc(C2C(C(=O)c3cc4ccccc4o3)=C(O)C(=O)N2CCCOC)c1. The van der Waals surface area contributed by atoms with E-state index in [-0.39, 0.29) is 11.3 Å². The number of methoxy groups -OCH3 is 1. The molecule has 1 aliphatic rings. The fourth-order valence-corrected chi connectivity index (χ4v) is 4.01. The van der Waals surface area contributed by atoms with Crippen molar-refractivity contribution < 1.29 is 28.6 Å². The molecular weight excluding hydrogens is 410 g/mol. The fraction of sp³-hybridized carbons (Fsp3) is 0.280. The maximum absolute atomic E-state index is 13.5. The average Bonchev–Trinajstić information content (AvgIpc) is 3.34. The highest BCUT2D eigenvalue weighted by Crippen LogP contribution is 2.40. The van der Waals surface area contributed by atoms with Crippen molar-refractivity contribution in [2.45, 2.75) is 19.4 Å². The Morgan fingerprint density at radius 1 is 1.16 bits per heavy atom. The van der Waals surface area contributed by atoms with Crippen LogP contribution in [-0.2, 0) is 9.53 Å². The van der Waals surface area contributed by atoms with E-state index in [2.05, 4.69) is 0 Å². The number of amides is 1. The molecule has 2 heterocycles. The van der Waals surface area contributed by atoms with Gasteiger partial charge in [-0.25, -0.2) is 0 Å². The third-order valence-electron chi connectivity index (χ3n) is 5.43. The van der Waals surface area contributed by atoms with Crippen LogP contribution in [0.4, 0.5) is 0 Å². The van der Waals surface area contributed by atoms with Gasteiger partial charge in [0.2, 0.25) is 5.78 Å². The Bertz CT molecular complexity index is 1140. The van der Waals surface area contributed by atoms with Crippen molar-refractivity contribution in [2.24, 2.45) is 0 Å². The van der Waals surface area contributed by atoms with Crippen LogP contribution in [0.15, 0.2) is 70.3 Å². The number of rotatable bonds is 9. The van der Waals surface area contributed by atoms with Gasteiger partial charge in [0, 0.05) is 25.6 Å². The molecule has 3 aromatic rings. The maximum Gasteiger partial charge on any atom is 0.290 e. The van der Waals surface area contributed by atoms with E-state index in [4.69, 9.17) is 13.9 Å². The quantitative estimate of drug-likeness (QED) is 0.395. The van der Waals surface area contributed by atoms with E-state index in [9.17, 15) is 14.7 Å². The van der Waals surface area contributed by atoms with Gasteiger partial charge < -0.3 is 23.9 Å². The fourth-order valence-electron chi connectivity index (χ4n) is 4.01. The molecule has 1 atom stereocenters. The Hall–Kier alpha value is -3.58. The number of aliphatic hydroxyl groups is 1. The molecule has 0 fully saturated rings. The van der Waals surface area contributed by atoms with Crippen LogP contribution in [0.3, 0.4) is 0 Å². The van der Waals surface area contributed by atoms with Gasteiger partial charge in [-0.05, 0) is 43.2 Å². The van der Waals surface area contributed by atoms with Crippen LogP contribution in [0, 0.1) is 0 Å². The van der Waals surface area contributed by atoms with Crippen LogP contribution in [-0.4, -0.2) is 48.6 Å². The number of nitrogens with zero attached hydrogens (tertiary/aromatic N) is 1. The molecule has 7 heteroatoms. The van der Waals surface area contributed by atoms with Crippen molar-refractivity contribution in [2.75, 3.05) is 26.9 Å². The molecule has 0 bridgehead atoms. The maximum atomic E-state index is 13.5. The highest BCUT2D eigenvalue weighted by molar-refractivity contribution is 6.16. The largest absolute Gasteiger partial charge is 0.503 e. The summed E-state index contributed by atoms with van der Waals surface area (Å²) in [4.78, 5) is 28.0. The van der Waals surface area contributed by atoms with Crippen LogP contribution in [0.25, 0.3) is 11.0 Å². The molecule has 32 heavy (non-hydrogen) atoms. The highest BCUT2D eigenvalue weighted by atomic mass is 16.5. The van der Waals surface area contributed by atoms with Crippen molar-refractivity contribution in [3.05, 3.63) is 77.3 Å². The van der Waals surface area contributed by atoms with E-state index in [1.54, 1.807) is 31.4 Å². The van der Waals surface area contributed by atoms with E-state index in [1.807, 2.05) is 37.3 Å². The number of Topliss-reactive ketones (excluding diaryl/α,β-unsaturated/α-hetero) is 1. The Balaban J connectivity index is 1.77. The van der Waals surface area contributed by atoms with Gasteiger partial charge in [0.1, 0.15) is 11.3 Å². The third-order valence-corrected chi connectivity index (χ3v) is 5.43. The van der Waals surface area contributed by atoms with E-state index < -0.39 is 23.5 Å². The Morgan fingerprint density at radius 2 is 1.97 bits per heavy atom. The lowest BCUT2D eigenvalue weighted by molar-refractivity contribution is -0.129. The molecule has 166 valence electrons. The number of para-hydroxylation sites is 1. The lowest BCUT2D eigenvalue weighted by Crippen LogP contribution is -2.32. The molecule has 1 unspecified atom stereocenters. The topological polar surface area (TPSA) is 89.2 Å². The standard InChI is InChI=1S/C25H25NO6/c1-3-31-18-10-6-9-17(14-18)22-21(24(28)25(29)26(22)12-7-13-30-2)23(27)20-15-16-8-4-5-11-19(16)32-20/h4-6,8-11,14-15,22,28H,3,7,12-13H2,1-2H3. The summed E-state index contributed by atoms with van der Waals surface area (Å²) in [5.74, 6) is -0.971. The first-order valence-corrected chi connectivity index (χ1v) is 10.5. The Kier molecular flexibility index (Phi) is 6.28. The smallest absolute Gasteiger partial charge is 0.290 e. The van der Waals surface area contributed by atoms with Crippen LogP contribution in [0.2, 0.25) is 0 Å².